The van der Waals surface area contributed by atoms with Crippen LogP contribution in [0.25, 0.3) is 5.70 Å². The number of ketones is 2. The lowest BCUT2D eigenvalue weighted by atomic mass is 9.92. The van der Waals surface area contributed by atoms with Gasteiger partial charge >= 0.3 is 0 Å². The first kappa shape index (κ1) is 15.1. The zero-order valence-electron chi connectivity index (χ0n) is 11.7. The van der Waals surface area contributed by atoms with E-state index in [1.54, 1.807) is 24.3 Å². The van der Waals surface area contributed by atoms with Crippen LogP contribution < -0.4 is 5.32 Å². The molecule has 0 unspecified atom stereocenters. The third kappa shape index (κ3) is 2.92. The first-order chi connectivity index (χ1) is 10.9. The minimum absolute atomic E-state index is 0.0638. The van der Waals surface area contributed by atoms with Gasteiger partial charge in [-0.1, -0.05) is 24.3 Å². The van der Waals surface area contributed by atoms with Gasteiger partial charge in [-0.3, -0.25) is 14.1 Å². The maximum atomic E-state index is 12.0. The molecule has 7 heteroatoms. The van der Waals surface area contributed by atoms with Gasteiger partial charge in [0.1, 0.15) is 0 Å². The highest BCUT2D eigenvalue weighted by molar-refractivity contribution is 7.85. The van der Waals surface area contributed by atoms with Crippen LogP contribution in [0.2, 0.25) is 0 Å². The van der Waals surface area contributed by atoms with Crippen molar-refractivity contribution in [1.29, 1.82) is 0 Å². The van der Waals surface area contributed by atoms with Crippen molar-refractivity contribution in [3.05, 3.63) is 65.7 Å². The molecule has 2 aromatic rings. The first-order valence-electron chi connectivity index (χ1n) is 6.60. The van der Waals surface area contributed by atoms with Crippen molar-refractivity contribution in [1.82, 2.24) is 0 Å². The normalized spacial score (nSPS) is 14.2. The molecule has 23 heavy (non-hydrogen) atoms. The fraction of sp³-hybridized carbons (Fsp3) is 0. The summed E-state index contributed by atoms with van der Waals surface area (Å²) >= 11 is 0. The number of hydrogen-bond acceptors (Lipinski definition) is 5. The smallest absolute Gasteiger partial charge is 0.294 e. The molecule has 0 spiro atoms. The second kappa shape index (κ2) is 5.45. The van der Waals surface area contributed by atoms with Crippen molar-refractivity contribution in [3.8, 4) is 0 Å². The van der Waals surface area contributed by atoms with Gasteiger partial charge in [-0.05, 0) is 24.3 Å². The van der Waals surface area contributed by atoms with Crippen LogP contribution in [0, 0.1) is 0 Å². The number of Topliss-reactive ketones (excluding diaryl/α,β-unsaturated/α-hetero) is 1. The molecule has 0 aliphatic heterocycles. The Morgan fingerprint density at radius 2 is 1.61 bits per heavy atom. The lowest BCUT2D eigenvalue weighted by Gasteiger charge is -2.18. The van der Waals surface area contributed by atoms with E-state index in [2.05, 4.69) is 5.32 Å². The Morgan fingerprint density at radius 1 is 0.913 bits per heavy atom. The molecule has 0 aromatic heterocycles. The third-order valence-corrected chi connectivity index (χ3v) is 4.23. The fourth-order valence-electron chi connectivity index (χ4n) is 2.29. The largest absolute Gasteiger partial charge is 0.355 e. The predicted molar refractivity (Wildman–Crippen MR) is 83.6 cm³/mol. The monoisotopic (exact) mass is 329 g/mol. The van der Waals surface area contributed by atoms with E-state index in [0.29, 0.717) is 16.9 Å². The molecule has 2 N–H and O–H groups in total. The summed E-state index contributed by atoms with van der Waals surface area (Å²) in [5.74, 6) is -1.58. The van der Waals surface area contributed by atoms with Crippen molar-refractivity contribution in [2.24, 2.45) is 0 Å². The Bertz CT molecular complexity index is 946. The van der Waals surface area contributed by atoms with Crippen LogP contribution in [-0.4, -0.2) is 24.5 Å². The van der Waals surface area contributed by atoms with Crippen molar-refractivity contribution in [3.63, 3.8) is 0 Å². The molecule has 2 aromatic carbocycles. The summed E-state index contributed by atoms with van der Waals surface area (Å²) < 4.78 is 31.5. The highest BCUT2D eigenvalue weighted by Gasteiger charge is 2.27. The lowest BCUT2D eigenvalue weighted by molar-refractivity contribution is -0.111. The molecule has 0 atom stereocenters. The Morgan fingerprint density at radius 3 is 2.26 bits per heavy atom. The first-order valence-corrected chi connectivity index (χ1v) is 8.04. The zero-order chi connectivity index (χ0) is 16.6. The average molecular weight is 329 g/mol. The van der Waals surface area contributed by atoms with E-state index >= 15 is 0 Å². The number of rotatable bonds is 3. The molecule has 0 saturated heterocycles. The van der Waals surface area contributed by atoms with Gasteiger partial charge in [-0.15, -0.1) is 0 Å². The SMILES string of the molecule is O=C1C=C(Nc2ccccc2)c2ccc(S(=O)(=O)O)cc2C1=O. The summed E-state index contributed by atoms with van der Waals surface area (Å²) in [6.07, 6.45) is 1.17. The van der Waals surface area contributed by atoms with E-state index in [1.807, 2.05) is 6.07 Å². The number of allylic oxidation sites excluding steroid dienone is 1. The number of carbonyl (C=O) groups excluding carboxylic acids is 2. The van der Waals surface area contributed by atoms with Crippen LogP contribution in [-0.2, 0) is 14.9 Å². The molecule has 3 rings (SSSR count). The van der Waals surface area contributed by atoms with E-state index in [9.17, 15) is 18.0 Å². The Labute approximate surface area is 132 Å². The Balaban J connectivity index is 2.10. The van der Waals surface area contributed by atoms with E-state index < -0.39 is 26.6 Å². The van der Waals surface area contributed by atoms with Gasteiger partial charge in [0, 0.05) is 22.9 Å². The molecule has 1 aliphatic carbocycles. The second-order valence-electron chi connectivity index (χ2n) is 4.92. The number of benzene rings is 2. The van der Waals surface area contributed by atoms with Crippen molar-refractivity contribution < 1.29 is 22.6 Å². The van der Waals surface area contributed by atoms with Crippen LogP contribution in [0.15, 0.2) is 59.5 Å². The van der Waals surface area contributed by atoms with E-state index in [4.69, 9.17) is 4.55 Å². The molecule has 0 radical (unpaired) electrons. The topological polar surface area (TPSA) is 101 Å². The van der Waals surface area contributed by atoms with Gasteiger partial charge < -0.3 is 5.32 Å². The number of hydrogen-bond donors (Lipinski definition) is 2. The van der Waals surface area contributed by atoms with Gasteiger partial charge in [0.25, 0.3) is 10.1 Å². The minimum atomic E-state index is -4.46. The number of para-hydroxylation sites is 1. The summed E-state index contributed by atoms with van der Waals surface area (Å²) in [5.41, 5.74) is 1.43. The molecule has 6 nitrogen and oxygen atoms in total. The maximum absolute atomic E-state index is 12.0. The number of nitrogens with one attached hydrogen (secondary N) is 1. The van der Waals surface area contributed by atoms with Gasteiger partial charge in [0.05, 0.1) is 10.6 Å². The van der Waals surface area contributed by atoms with Gasteiger partial charge in [0.2, 0.25) is 11.6 Å². The van der Waals surface area contributed by atoms with Crippen LogP contribution >= 0.6 is 0 Å². The molecule has 1 aliphatic rings. The van der Waals surface area contributed by atoms with Crippen molar-refractivity contribution >= 4 is 33.1 Å². The Hall–Kier alpha value is -2.77. The number of carbonyl (C=O) groups is 2. The third-order valence-electron chi connectivity index (χ3n) is 3.38. The summed E-state index contributed by atoms with van der Waals surface area (Å²) in [5, 5.41) is 3.02. The van der Waals surface area contributed by atoms with E-state index in [1.165, 1.54) is 18.2 Å². The quantitative estimate of drug-likeness (QED) is 0.661. The molecule has 0 heterocycles. The van der Waals surface area contributed by atoms with Gasteiger partial charge in [-0.2, -0.15) is 8.42 Å². The zero-order valence-corrected chi connectivity index (χ0v) is 12.5. The average Bonchev–Trinajstić information content (AvgIpc) is 2.52. The number of fused-ring (bicyclic) bond motifs is 1. The van der Waals surface area contributed by atoms with Crippen molar-refractivity contribution in [2.45, 2.75) is 4.90 Å². The highest BCUT2D eigenvalue weighted by atomic mass is 32.2. The molecule has 0 saturated carbocycles. The molecular formula is C16H11NO5S. The summed E-state index contributed by atoms with van der Waals surface area (Å²) in [7, 11) is -4.46. The highest BCUT2D eigenvalue weighted by Crippen LogP contribution is 2.28. The predicted octanol–water partition coefficient (Wildman–Crippen LogP) is 2.15. The minimum Gasteiger partial charge on any atom is -0.355 e. The second-order valence-corrected chi connectivity index (χ2v) is 6.35. The van der Waals surface area contributed by atoms with Gasteiger partial charge in [-0.25, -0.2) is 0 Å². The van der Waals surface area contributed by atoms with Crippen molar-refractivity contribution in [2.75, 3.05) is 5.32 Å². The molecule has 0 fully saturated rings. The standard InChI is InChI=1S/C16H11NO5S/c18-15-9-14(17-10-4-2-1-3-5-10)12-7-6-11(23(20,21)22)8-13(12)16(15)19/h1-9,17H,(H,20,21,22). The molecular weight excluding hydrogens is 318 g/mol. The van der Waals surface area contributed by atoms with E-state index in [0.717, 1.165) is 6.07 Å². The van der Waals surface area contributed by atoms with E-state index in [-0.39, 0.29) is 5.56 Å². The molecule has 0 amide bonds. The van der Waals surface area contributed by atoms with Gasteiger partial charge in [0.15, 0.2) is 0 Å². The van der Waals surface area contributed by atoms with Crippen LogP contribution in [0.5, 0.6) is 0 Å². The summed E-state index contributed by atoms with van der Waals surface area (Å²) in [6.45, 7) is 0. The van der Waals surface area contributed by atoms with Crippen LogP contribution in [0.3, 0.4) is 0 Å². The number of anilines is 1. The fourth-order valence-corrected chi connectivity index (χ4v) is 2.80. The maximum Gasteiger partial charge on any atom is 0.294 e. The summed E-state index contributed by atoms with van der Waals surface area (Å²) in [4.78, 5) is 23.4. The summed E-state index contributed by atoms with van der Waals surface area (Å²) in [6, 6.07) is 12.6. The van der Waals surface area contributed by atoms with Crippen LogP contribution in [0.4, 0.5) is 5.69 Å². The van der Waals surface area contributed by atoms with Crippen LogP contribution in [0.1, 0.15) is 15.9 Å². The Kier molecular flexibility index (Phi) is 3.59. The lowest BCUT2D eigenvalue weighted by Crippen LogP contribution is -2.21. The molecule has 0 bridgehead atoms. The molecule has 116 valence electrons.